The Morgan fingerprint density at radius 1 is 0.929 bits per heavy atom. The van der Waals surface area contributed by atoms with E-state index in [2.05, 4.69) is 4.98 Å². The summed E-state index contributed by atoms with van der Waals surface area (Å²) in [6.45, 7) is 1.09. The van der Waals surface area contributed by atoms with E-state index in [1.165, 1.54) is 0 Å². The second-order valence-corrected chi connectivity index (χ2v) is 7.22. The van der Waals surface area contributed by atoms with Crippen LogP contribution in [0.4, 0.5) is 0 Å². The molecule has 1 heterocycles. The van der Waals surface area contributed by atoms with Crippen molar-refractivity contribution in [3.05, 3.63) is 101 Å². The van der Waals surface area contributed by atoms with Crippen molar-refractivity contribution in [1.29, 1.82) is 0 Å². The minimum atomic E-state index is -0.103. The minimum absolute atomic E-state index is 0.103. The van der Waals surface area contributed by atoms with Crippen molar-refractivity contribution in [3.8, 4) is 0 Å². The van der Waals surface area contributed by atoms with Crippen LogP contribution in [-0.2, 0) is 13.1 Å². The first-order valence-corrected chi connectivity index (χ1v) is 9.49. The Morgan fingerprint density at radius 3 is 2.36 bits per heavy atom. The number of benzene rings is 3. The topological polar surface area (TPSA) is 38.1 Å². The summed E-state index contributed by atoms with van der Waals surface area (Å²) in [7, 11) is 1.81. The van der Waals surface area contributed by atoms with Crippen LogP contribution in [0.2, 0.25) is 5.02 Å². The van der Waals surface area contributed by atoms with Gasteiger partial charge in [-0.3, -0.25) is 4.79 Å². The molecule has 1 amide bonds. The van der Waals surface area contributed by atoms with E-state index in [-0.39, 0.29) is 5.91 Å². The third-order valence-corrected chi connectivity index (χ3v) is 4.96. The van der Waals surface area contributed by atoms with Gasteiger partial charge >= 0.3 is 0 Å². The molecule has 0 spiro atoms. The molecule has 4 nitrogen and oxygen atoms in total. The van der Waals surface area contributed by atoms with Gasteiger partial charge in [0.25, 0.3) is 5.91 Å². The van der Waals surface area contributed by atoms with Gasteiger partial charge in [-0.2, -0.15) is 0 Å². The van der Waals surface area contributed by atoms with Crippen molar-refractivity contribution in [2.75, 3.05) is 7.05 Å². The molecule has 0 atom stereocenters. The highest BCUT2D eigenvalue weighted by atomic mass is 35.5. The number of carbonyl (C=O) groups excluding carboxylic acids is 1. The molecule has 0 radical (unpaired) electrons. The van der Waals surface area contributed by atoms with E-state index in [0.717, 1.165) is 22.2 Å². The van der Waals surface area contributed by atoms with Gasteiger partial charge in [0.1, 0.15) is 0 Å². The molecule has 4 aromatic rings. The second-order valence-electron chi connectivity index (χ2n) is 6.78. The molecule has 0 saturated heterocycles. The highest BCUT2D eigenvalue weighted by Crippen LogP contribution is 2.20. The number of aromatic nitrogens is 2. The van der Waals surface area contributed by atoms with E-state index in [9.17, 15) is 4.79 Å². The molecule has 0 unspecified atom stereocenters. The molecule has 5 heteroatoms. The SMILES string of the molecule is CN(Cc1ccccc1)C(=O)c1nc2ccccc2n1Cc1ccc(Cl)cc1. The van der Waals surface area contributed by atoms with E-state index in [1.54, 1.807) is 11.9 Å². The van der Waals surface area contributed by atoms with Gasteiger partial charge < -0.3 is 9.47 Å². The van der Waals surface area contributed by atoms with Gasteiger partial charge in [0.05, 0.1) is 11.0 Å². The number of fused-ring (bicyclic) bond motifs is 1. The van der Waals surface area contributed by atoms with Gasteiger partial charge in [-0.05, 0) is 35.4 Å². The van der Waals surface area contributed by atoms with Crippen molar-refractivity contribution in [3.63, 3.8) is 0 Å². The summed E-state index contributed by atoms with van der Waals surface area (Å²) in [6.07, 6.45) is 0. The van der Waals surface area contributed by atoms with Gasteiger partial charge in [0, 0.05) is 25.2 Å². The van der Waals surface area contributed by atoms with Crippen LogP contribution in [0.25, 0.3) is 11.0 Å². The summed E-state index contributed by atoms with van der Waals surface area (Å²) in [5.74, 6) is 0.337. The van der Waals surface area contributed by atoms with Crippen LogP contribution in [0.5, 0.6) is 0 Å². The molecule has 0 aliphatic rings. The first-order chi connectivity index (χ1) is 13.6. The number of amides is 1. The molecule has 0 aliphatic carbocycles. The lowest BCUT2D eigenvalue weighted by Gasteiger charge is -2.18. The number of hydrogen-bond donors (Lipinski definition) is 0. The van der Waals surface area contributed by atoms with Crippen LogP contribution >= 0.6 is 11.6 Å². The molecule has 3 aromatic carbocycles. The minimum Gasteiger partial charge on any atom is -0.335 e. The summed E-state index contributed by atoms with van der Waals surface area (Å²) in [4.78, 5) is 19.5. The largest absolute Gasteiger partial charge is 0.335 e. The van der Waals surface area contributed by atoms with Crippen LogP contribution in [-0.4, -0.2) is 27.4 Å². The molecule has 1 aromatic heterocycles. The third-order valence-electron chi connectivity index (χ3n) is 4.71. The zero-order valence-corrected chi connectivity index (χ0v) is 16.3. The van der Waals surface area contributed by atoms with Crippen molar-refractivity contribution in [2.45, 2.75) is 13.1 Å². The normalized spacial score (nSPS) is 10.9. The smallest absolute Gasteiger partial charge is 0.289 e. The molecule has 140 valence electrons. The molecule has 0 saturated carbocycles. The molecule has 0 bridgehead atoms. The maximum Gasteiger partial charge on any atom is 0.289 e. The maximum absolute atomic E-state index is 13.2. The van der Waals surface area contributed by atoms with Crippen LogP contribution in [0.3, 0.4) is 0 Å². The summed E-state index contributed by atoms with van der Waals surface area (Å²) in [5.41, 5.74) is 3.90. The number of halogens is 1. The molecule has 0 N–H and O–H groups in total. The van der Waals surface area contributed by atoms with Crippen molar-refractivity contribution in [1.82, 2.24) is 14.5 Å². The van der Waals surface area contributed by atoms with E-state index >= 15 is 0 Å². The third kappa shape index (κ3) is 3.78. The summed E-state index contributed by atoms with van der Waals surface area (Å²) >= 11 is 6.01. The number of hydrogen-bond acceptors (Lipinski definition) is 2. The van der Waals surface area contributed by atoms with Gasteiger partial charge in [0.2, 0.25) is 5.82 Å². The maximum atomic E-state index is 13.2. The van der Waals surface area contributed by atoms with Gasteiger partial charge in [0.15, 0.2) is 0 Å². The van der Waals surface area contributed by atoms with E-state index < -0.39 is 0 Å². The molecular weight excluding hydrogens is 370 g/mol. The first kappa shape index (κ1) is 18.3. The van der Waals surface area contributed by atoms with E-state index in [4.69, 9.17) is 11.6 Å². The van der Waals surface area contributed by atoms with Gasteiger partial charge in [-0.1, -0.05) is 66.2 Å². The van der Waals surface area contributed by atoms with Crippen LogP contribution in [0.1, 0.15) is 21.7 Å². The average molecular weight is 390 g/mol. The second kappa shape index (κ2) is 7.87. The summed E-state index contributed by atoms with van der Waals surface area (Å²) < 4.78 is 1.97. The molecule has 4 rings (SSSR count). The fourth-order valence-electron chi connectivity index (χ4n) is 3.27. The van der Waals surface area contributed by atoms with Gasteiger partial charge in [-0.15, -0.1) is 0 Å². The molecule has 0 aliphatic heterocycles. The number of imidazole rings is 1. The summed E-state index contributed by atoms with van der Waals surface area (Å²) in [5, 5.41) is 0.693. The summed E-state index contributed by atoms with van der Waals surface area (Å²) in [6, 6.07) is 25.4. The Hall–Kier alpha value is -3.11. The van der Waals surface area contributed by atoms with Crippen LogP contribution in [0.15, 0.2) is 78.9 Å². The molecular formula is C23H20ClN3O. The van der Waals surface area contributed by atoms with Crippen molar-refractivity contribution >= 4 is 28.5 Å². The lowest BCUT2D eigenvalue weighted by molar-refractivity contribution is 0.0769. The number of rotatable bonds is 5. The number of para-hydroxylation sites is 2. The number of nitrogens with zero attached hydrogens (tertiary/aromatic N) is 3. The Kier molecular flexibility index (Phi) is 5.13. The standard InChI is InChI=1S/C23H20ClN3O/c1-26(15-17-7-3-2-4-8-17)23(28)22-25-20-9-5-6-10-21(20)27(22)16-18-11-13-19(24)14-12-18/h2-14H,15-16H2,1H3. The van der Waals surface area contributed by atoms with Crippen molar-refractivity contribution in [2.24, 2.45) is 0 Å². The Bertz CT molecular complexity index is 1100. The molecule has 28 heavy (non-hydrogen) atoms. The monoisotopic (exact) mass is 389 g/mol. The predicted octanol–water partition coefficient (Wildman–Crippen LogP) is 5.01. The fraction of sp³-hybridized carbons (Fsp3) is 0.130. The quantitative estimate of drug-likeness (QED) is 0.481. The highest BCUT2D eigenvalue weighted by molar-refractivity contribution is 6.30. The lowest BCUT2D eigenvalue weighted by Crippen LogP contribution is -2.29. The highest BCUT2D eigenvalue weighted by Gasteiger charge is 2.21. The Labute approximate surface area is 169 Å². The van der Waals surface area contributed by atoms with Gasteiger partial charge in [-0.25, -0.2) is 4.98 Å². The Morgan fingerprint density at radius 2 is 1.61 bits per heavy atom. The number of carbonyl (C=O) groups is 1. The lowest BCUT2D eigenvalue weighted by atomic mass is 10.2. The molecule has 0 fully saturated rings. The van der Waals surface area contributed by atoms with Crippen molar-refractivity contribution < 1.29 is 4.79 Å². The van der Waals surface area contributed by atoms with Crippen LogP contribution in [0, 0.1) is 0 Å². The van der Waals surface area contributed by atoms with E-state index in [1.807, 2.05) is 83.4 Å². The zero-order chi connectivity index (χ0) is 19.5. The fourth-order valence-corrected chi connectivity index (χ4v) is 3.40. The zero-order valence-electron chi connectivity index (χ0n) is 15.5. The average Bonchev–Trinajstić information content (AvgIpc) is 3.08. The predicted molar refractivity (Wildman–Crippen MR) is 113 cm³/mol. The Balaban J connectivity index is 1.69. The van der Waals surface area contributed by atoms with Crippen LogP contribution < -0.4 is 0 Å². The van der Waals surface area contributed by atoms with E-state index in [0.29, 0.717) is 23.9 Å². The first-order valence-electron chi connectivity index (χ1n) is 9.11.